The molecule has 0 aromatic heterocycles. The highest BCUT2D eigenvalue weighted by Crippen LogP contribution is 2.43. The van der Waals surface area contributed by atoms with E-state index in [0.29, 0.717) is 31.8 Å². The van der Waals surface area contributed by atoms with E-state index in [0.717, 1.165) is 97.9 Å². The summed E-state index contributed by atoms with van der Waals surface area (Å²) in [5.74, 6) is 0.995. The summed E-state index contributed by atoms with van der Waals surface area (Å²) >= 11 is 0. The summed E-state index contributed by atoms with van der Waals surface area (Å²) in [5.41, 5.74) is 1.17. The highest BCUT2D eigenvalue weighted by atomic mass is 16.6. The Hall–Kier alpha value is -3.36. The fourth-order valence-electron chi connectivity index (χ4n) is 6.84. The molecule has 8 heteroatoms. The van der Waals surface area contributed by atoms with E-state index in [4.69, 9.17) is 28.4 Å². The number of hydrogen-bond acceptors (Lipinski definition) is 8. The van der Waals surface area contributed by atoms with Gasteiger partial charge >= 0.3 is 11.9 Å². The van der Waals surface area contributed by atoms with E-state index in [9.17, 15) is 9.59 Å². The van der Waals surface area contributed by atoms with Gasteiger partial charge in [-0.2, -0.15) is 0 Å². The molecule has 0 aliphatic rings. The average molecular weight is 779 g/mol. The van der Waals surface area contributed by atoms with Crippen molar-refractivity contribution >= 4 is 33.5 Å². The van der Waals surface area contributed by atoms with E-state index in [1.54, 1.807) is 0 Å². The molecule has 3 aromatic carbocycles. The summed E-state index contributed by atoms with van der Waals surface area (Å²) in [6.07, 6.45) is 17.7. The molecule has 314 valence electrons. The molecule has 2 atom stereocenters. The molecule has 0 bridgehead atoms. The molecule has 0 aliphatic carbocycles. The van der Waals surface area contributed by atoms with Crippen LogP contribution < -0.4 is 9.47 Å². The highest BCUT2D eigenvalue weighted by Gasteiger charge is 2.23. The lowest BCUT2D eigenvalue weighted by molar-refractivity contribution is -0.155. The van der Waals surface area contributed by atoms with Gasteiger partial charge in [0.2, 0.25) is 0 Å². The van der Waals surface area contributed by atoms with E-state index >= 15 is 0 Å². The first-order valence-electron chi connectivity index (χ1n) is 22.2. The summed E-state index contributed by atoms with van der Waals surface area (Å²) in [4.78, 5) is 25.8. The summed E-state index contributed by atoms with van der Waals surface area (Å²) in [6.45, 7) is 13.0. The van der Waals surface area contributed by atoms with Crippen LogP contribution in [0.2, 0.25) is 0 Å². The van der Waals surface area contributed by atoms with Gasteiger partial charge in [-0.05, 0) is 43.7 Å². The highest BCUT2D eigenvalue weighted by molar-refractivity contribution is 6.11. The normalized spacial score (nSPS) is 12.5. The molecule has 0 spiro atoms. The molecule has 0 saturated heterocycles. The molecular formula is C48H74O8. The number of benzene rings is 3. The molecule has 2 unspecified atom stereocenters. The molecule has 3 aromatic rings. The molecule has 0 amide bonds. The number of carbonyl (C=O) groups is 2. The van der Waals surface area contributed by atoms with Crippen LogP contribution in [0.25, 0.3) is 21.5 Å². The SMILES string of the molecule is CCCCCCCOCC(COc1c2ccccc2c(OCC(COCCCCCCC)OC(=O)CCCCC)c2cc(CC)ccc12)OC(=O)CCCCC. The number of aryl methyl sites for hydroxylation is 1. The minimum atomic E-state index is -0.543. The largest absolute Gasteiger partial charge is 0.488 e. The van der Waals surface area contributed by atoms with Crippen molar-refractivity contribution in [3.8, 4) is 11.5 Å². The molecule has 0 saturated carbocycles. The topological polar surface area (TPSA) is 89.5 Å². The average Bonchev–Trinajstić information content (AvgIpc) is 3.20. The Morgan fingerprint density at radius 3 is 1.38 bits per heavy atom. The van der Waals surface area contributed by atoms with Crippen molar-refractivity contribution in [2.45, 2.75) is 169 Å². The predicted molar refractivity (Wildman–Crippen MR) is 229 cm³/mol. The molecular weight excluding hydrogens is 705 g/mol. The van der Waals surface area contributed by atoms with Crippen LogP contribution in [0.5, 0.6) is 11.5 Å². The number of hydrogen-bond donors (Lipinski definition) is 0. The lowest BCUT2D eigenvalue weighted by Crippen LogP contribution is -2.30. The van der Waals surface area contributed by atoms with Crippen molar-refractivity contribution in [2.24, 2.45) is 0 Å². The molecule has 0 N–H and O–H groups in total. The van der Waals surface area contributed by atoms with Gasteiger partial charge in [0.15, 0.2) is 12.2 Å². The monoisotopic (exact) mass is 779 g/mol. The fraction of sp³-hybridized carbons (Fsp3) is 0.667. The summed E-state index contributed by atoms with van der Waals surface area (Å²) < 4.78 is 37.5. The maximum absolute atomic E-state index is 12.9. The number of rotatable bonds is 33. The molecule has 3 rings (SSSR count). The third-order valence-corrected chi connectivity index (χ3v) is 10.2. The summed E-state index contributed by atoms with van der Waals surface area (Å²) in [5, 5.41) is 3.60. The number of ether oxygens (including phenoxy) is 6. The molecule has 0 heterocycles. The van der Waals surface area contributed by atoms with Gasteiger partial charge in [-0.15, -0.1) is 0 Å². The van der Waals surface area contributed by atoms with Crippen molar-refractivity contribution in [3.63, 3.8) is 0 Å². The van der Waals surface area contributed by atoms with Crippen molar-refractivity contribution in [3.05, 3.63) is 48.0 Å². The van der Waals surface area contributed by atoms with Crippen molar-refractivity contribution in [1.29, 1.82) is 0 Å². The third kappa shape index (κ3) is 17.4. The van der Waals surface area contributed by atoms with Gasteiger partial charge in [0, 0.05) is 47.6 Å². The Morgan fingerprint density at radius 1 is 0.482 bits per heavy atom. The van der Waals surface area contributed by atoms with Crippen LogP contribution in [-0.2, 0) is 35.0 Å². The van der Waals surface area contributed by atoms with Crippen LogP contribution in [-0.4, -0.2) is 63.8 Å². The van der Waals surface area contributed by atoms with Gasteiger partial charge in [-0.1, -0.05) is 148 Å². The van der Waals surface area contributed by atoms with E-state index in [1.165, 1.54) is 44.1 Å². The second-order valence-electron chi connectivity index (χ2n) is 15.2. The molecule has 0 radical (unpaired) electrons. The van der Waals surface area contributed by atoms with Gasteiger partial charge in [0.25, 0.3) is 0 Å². The second kappa shape index (κ2) is 28.9. The van der Waals surface area contributed by atoms with Crippen LogP contribution in [0.15, 0.2) is 42.5 Å². The Bertz CT molecular complexity index is 1520. The van der Waals surface area contributed by atoms with E-state index < -0.39 is 12.2 Å². The minimum absolute atomic E-state index is 0.163. The maximum atomic E-state index is 12.9. The van der Waals surface area contributed by atoms with E-state index in [1.807, 2.05) is 24.3 Å². The zero-order chi connectivity index (χ0) is 40.2. The first-order valence-corrected chi connectivity index (χ1v) is 22.2. The Morgan fingerprint density at radius 2 is 0.911 bits per heavy atom. The number of fused-ring (bicyclic) bond motifs is 2. The second-order valence-corrected chi connectivity index (χ2v) is 15.2. The number of carbonyl (C=O) groups excluding carboxylic acids is 2. The minimum Gasteiger partial charge on any atom is -0.488 e. The van der Waals surface area contributed by atoms with Crippen molar-refractivity contribution in [2.75, 3.05) is 39.6 Å². The summed E-state index contributed by atoms with van der Waals surface area (Å²) in [6, 6.07) is 14.4. The van der Waals surface area contributed by atoms with Crippen LogP contribution in [0.3, 0.4) is 0 Å². The fourth-order valence-corrected chi connectivity index (χ4v) is 6.84. The Labute approximate surface area is 338 Å². The van der Waals surface area contributed by atoms with Crippen LogP contribution in [0.1, 0.15) is 156 Å². The maximum Gasteiger partial charge on any atom is 0.306 e. The standard InChI is InChI=1S/C48H74O8/c1-6-11-15-17-23-31-51-34-39(55-45(49)27-19-13-8-3)36-53-47-41-25-21-22-26-42(41)48(44-33-38(10-5)29-30-43(44)47)54-37-40(56-46(50)28-20-14-9-4)35-52-32-24-18-16-12-7-2/h21-22,25-26,29-30,33,39-40H,6-20,23-24,27-28,31-32,34-37H2,1-5H3. The van der Waals surface area contributed by atoms with Gasteiger partial charge in [0.1, 0.15) is 24.7 Å². The zero-order valence-electron chi connectivity index (χ0n) is 35.6. The van der Waals surface area contributed by atoms with Crippen molar-refractivity contribution < 1.29 is 38.0 Å². The third-order valence-electron chi connectivity index (χ3n) is 10.2. The van der Waals surface area contributed by atoms with Crippen LogP contribution in [0, 0.1) is 0 Å². The number of esters is 2. The van der Waals surface area contributed by atoms with Gasteiger partial charge < -0.3 is 28.4 Å². The van der Waals surface area contributed by atoms with Crippen molar-refractivity contribution in [1.82, 2.24) is 0 Å². The van der Waals surface area contributed by atoms with Crippen LogP contribution in [0.4, 0.5) is 0 Å². The molecule has 8 nitrogen and oxygen atoms in total. The van der Waals surface area contributed by atoms with Crippen LogP contribution >= 0.6 is 0 Å². The smallest absolute Gasteiger partial charge is 0.306 e. The molecule has 56 heavy (non-hydrogen) atoms. The Balaban J connectivity index is 1.87. The van der Waals surface area contributed by atoms with E-state index in [2.05, 4.69) is 52.8 Å². The van der Waals surface area contributed by atoms with Gasteiger partial charge in [-0.3, -0.25) is 9.59 Å². The summed E-state index contributed by atoms with van der Waals surface area (Å²) in [7, 11) is 0. The first kappa shape index (κ1) is 47.0. The number of unbranched alkanes of at least 4 members (excludes halogenated alkanes) is 12. The predicted octanol–water partition coefficient (Wildman–Crippen LogP) is 12.3. The molecule has 0 aliphatic heterocycles. The van der Waals surface area contributed by atoms with E-state index in [-0.39, 0.29) is 38.4 Å². The zero-order valence-corrected chi connectivity index (χ0v) is 35.6. The van der Waals surface area contributed by atoms with Gasteiger partial charge in [-0.25, -0.2) is 0 Å². The van der Waals surface area contributed by atoms with Gasteiger partial charge in [0.05, 0.1) is 13.2 Å². The lowest BCUT2D eigenvalue weighted by Gasteiger charge is -2.23. The first-order chi connectivity index (χ1) is 27.4. The molecule has 0 fully saturated rings. The Kier molecular flexibility index (Phi) is 24.3. The quantitative estimate of drug-likeness (QED) is 0.0343. The lowest BCUT2D eigenvalue weighted by atomic mass is 9.98.